The van der Waals surface area contributed by atoms with Crippen LogP contribution < -0.4 is 11.5 Å². The molecule has 2 amide bonds. The van der Waals surface area contributed by atoms with Gasteiger partial charge in [0, 0.05) is 12.0 Å². The molecule has 0 aliphatic carbocycles. The van der Waals surface area contributed by atoms with Crippen LogP contribution >= 0.6 is 0 Å². The van der Waals surface area contributed by atoms with Crippen LogP contribution in [0, 0.1) is 0 Å². The predicted octanol–water partition coefficient (Wildman–Crippen LogP) is 1.74. The summed E-state index contributed by atoms with van der Waals surface area (Å²) in [4.78, 5) is 21.5. The van der Waals surface area contributed by atoms with Gasteiger partial charge in [-0.3, -0.25) is 9.59 Å². The van der Waals surface area contributed by atoms with Crippen LogP contribution in [0.15, 0.2) is 48.6 Å². The molecule has 0 rings (SSSR count). The highest BCUT2D eigenvalue weighted by Gasteiger charge is 2.11. The van der Waals surface area contributed by atoms with Crippen LogP contribution in [0.1, 0.15) is 25.7 Å². The van der Waals surface area contributed by atoms with Crippen molar-refractivity contribution in [1.29, 1.82) is 0 Å². The Morgan fingerprint density at radius 1 is 0.778 bits per heavy atom. The van der Waals surface area contributed by atoms with Gasteiger partial charge in [0.05, 0.1) is 0 Å². The monoisotopic (exact) mass is 248 g/mol. The fourth-order valence-electron chi connectivity index (χ4n) is 1.33. The Bertz CT molecular complexity index is 420. The smallest absolute Gasteiger partial charge is 0.248 e. The minimum absolute atomic E-state index is 0.137. The average molecular weight is 248 g/mol. The number of rotatable bonds is 9. The van der Waals surface area contributed by atoms with Gasteiger partial charge in [0.1, 0.15) is 0 Å². The number of primary amides is 2. The lowest BCUT2D eigenvalue weighted by Gasteiger charge is -2.12. The minimum atomic E-state index is -0.623. The second-order valence-corrected chi connectivity index (χ2v) is 4.08. The van der Waals surface area contributed by atoms with Crippen LogP contribution in [0.4, 0.5) is 0 Å². The summed E-state index contributed by atoms with van der Waals surface area (Å²) < 4.78 is 0. The molecular formula is C14H20N2O2. The molecule has 0 atom stereocenters. The molecule has 0 spiro atoms. The van der Waals surface area contributed by atoms with E-state index in [1.165, 1.54) is 0 Å². The molecule has 4 N–H and O–H groups in total. The van der Waals surface area contributed by atoms with Crippen LogP contribution in [-0.2, 0) is 9.59 Å². The maximum Gasteiger partial charge on any atom is 0.248 e. The fourth-order valence-corrected chi connectivity index (χ4v) is 1.33. The Morgan fingerprint density at radius 2 is 1.28 bits per heavy atom. The van der Waals surface area contributed by atoms with Crippen molar-refractivity contribution in [2.24, 2.45) is 11.5 Å². The lowest BCUT2D eigenvalue weighted by Crippen LogP contribution is -2.15. The number of nitrogens with two attached hydrogens (primary N) is 2. The first-order valence-electron chi connectivity index (χ1n) is 5.61. The molecule has 0 bridgehead atoms. The van der Waals surface area contributed by atoms with E-state index in [4.69, 9.17) is 11.5 Å². The quantitative estimate of drug-likeness (QED) is 0.370. The topological polar surface area (TPSA) is 86.2 Å². The summed E-state index contributed by atoms with van der Waals surface area (Å²) in [7, 11) is 0. The first kappa shape index (κ1) is 15.9. The van der Waals surface area contributed by atoms with Gasteiger partial charge in [0.25, 0.3) is 0 Å². The van der Waals surface area contributed by atoms with Gasteiger partial charge in [-0.05, 0) is 36.0 Å². The van der Waals surface area contributed by atoms with E-state index in [2.05, 4.69) is 26.3 Å². The van der Waals surface area contributed by atoms with Gasteiger partial charge in [-0.15, -0.1) is 0 Å². The number of allylic oxidation sites excluding steroid dienone is 2. The van der Waals surface area contributed by atoms with E-state index in [-0.39, 0.29) is 11.5 Å². The number of hydrogen-bond donors (Lipinski definition) is 2. The van der Waals surface area contributed by atoms with Crippen LogP contribution in [0.5, 0.6) is 0 Å². The molecule has 0 radical (unpaired) electrons. The molecule has 98 valence electrons. The zero-order chi connectivity index (χ0) is 14.3. The molecule has 4 heteroatoms. The summed E-state index contributed by atoms with van der Waals surface area (Å²) in [5.41, 5.74) is 12.0. The molecule has 18 heavy (non-hydrogen) atoms. The number of amides is 2. The van der Waals surface area contributed by atoms with E-state index in [9.17, 15) is 9.59 Å². The molecule has 0 unspecified atom stereocenters. The Morgan fingerprint density at radius 3 is 1.72 bits per heavy atom. The highest BCUT2D eigenvalue weighted by Crippen LogP contribution is 2.24. The zero-order valence-corrected chi connectivity index (χ0v) is 10.6. The molecule has 0 saturated carbocycles. The maximum atomic E-state index is 10.9. The molecule has 0 saturated heterocycles. The standard InChI is InChI=1S/C14H20N2O2/c1-9(7-5-6-8-13(15)17)10(2)11(3)12(4)14(16)18/h1-8H2,(H2,15,17)(H2,16,18). The second kappa shape index (κ2) is 7.27. The van der Waals surface area contributed by atoms with Gasteiger partial charge in [-0.25, -0.2) is 0 Å². The van der Waals surface area contributed by atoms with E-state index in [1.54, 1.807) is 0 Å². The van der Waals surface area contributed by atoms with Crippen LogP contribution in [0.25, 0.3) is 0 Å². The van der Waals surface area contributed by atoms with Gasteiger partial charge < -0.3 is 11.5 Å². The predicted molar refractivity (Wildman–Crippen MR) is 73.4 cm³/mol. The average Bonchev–Trinajstić information content (AvgIpc) is 2.30. The Labute approximate surface area is 108 Å². The van der Waals surface area contributed by atoms with Crippen molar-refractivity contribution in [2.45, 2.75) is 25.7 Å². The molecule has 0 aromatic carbocycles. The lowest BCUT2D eigenvalue weighted by atomic mass is 9.93. The van der Waals surface area contributed by atoms with Crippen LogP contribution in [-0.4, -0.2) is 11.8 Å². The summed E-state index contributed by atoms with van der Waals surface area (Å²) in [6.45, 7) is 14.9. The van der Waals surface area contributed by atoms with Gasteiger partial charge in [-0.2, -0.15) is 0 Å². The van der Waals surface area contributed by atoms with Gasteiger partial charge in [-0.1, -0.05) is 26.3 Å². The summed E-state index contributed by atoms with van der Waals surface area (Å²) >= 11 is 0. The first-order chi connectivity index (χ1) is 8.27. The number of unbranched alkanes of at least 4 members (excludes halogenated alkanes) is 1. The molecule has 0 heterocycles. The van der Waals surface area contributed by atoms with Crippen LogP contribution in [0.3, 0.4) is 0 Å². The molecule has 0 aliphatic heterocycles. The van der Waals surface area contributed by atoms with E-state index in [1.807, 2.05) is 0 Å². The van der Waals surface area contributed by atoms with Crippen molar-refractivity contribution >= 4 is 11.8 Å². The van der Waals surface area contributed by atoms with E-state index >= 15 is 0 Å². The largest absolute Gasteiger partial charge is 0.370 e. The summed E-state index contributed by atoms with van der Waals surface area (Å²) in [5.74, 6) is -0.936. The summed E-state index contributed by atoms with van der Waals surface area (Å²) in [6.07, 6.45) is 2.49. The van der Waals surface area contributed by atoms with E-state index in [0.717, 1.165) is 12.0 Å². The van der Waals surface area contributed by atoms with Crippen molar-refractivity contribution in [3.05, 3.63) is 48.6 Å². The number of hydrogen-bond acceptors (Lipinski definition) is 2. The molecular weight excluding hydrogens is 228 g/mol. The van der Waals surface area contributed by atoms with Crippen molar-refractivity contribution in [1.82, 2.24) is 0 Å². The van der Waals surface area contributed by atoms with Gasteiger partial charge in [0.2, 0.25) is 11.8 Å². The SMILES string of the molecule is C=C(CCCCC(N)=O)C(=C)C(=C)C(=C)C(N)=O. The second-order valence-electron chi connectivity index (χ2n) is 4.08. The van der Waals surface area contributed by atoms with Gasteiger partial charge >= 0.3 is 0 Å². The number of carbonyl (C=O) groups excluding carboxylic acids is 2. The molecule has 4 nitrogen and oxygen atoms in total. The number of carbonyl (C=O) groups is 2. The third-order valence-electron chi connectivity index (χ3n) is 2.60. The third-order valence-corrected chi connectivity index (χ3v) is 2.60. The Balaban J connectivity index is 4.23. The van der Waals surface area contributed by atoms with Crippen molar-refractivity contribution in [3.63, 3.8) is 0 Å². The normalized spacial score (nSPS) is 9.56. The van der Waals surface area contributed by atoms with E-state index < -0.39 is 5.91 Å². The van der Waals surface area contributed by atoms with Crippen molar-refractivity contribution < 1.29 is 9.59 Å². The van der Waals surface area contributed by atoms with Gasteiger partial charge in [0.15, 0.2) is 0 Å². The Kier molecular flexibility index (Phi) is 6.42. The van der Waals surface area contributed by atoms with Crippen molar-refractivity contribution in [2.75, 3.05) is 0 Å². The van der Waals surface area contributed by atoms with Crippen molar-refractivity contribution in [3.8, 4) is 0 Å². The molecule has 0 aromatic rings. The molecule has 0 aliphatic rings. The zero-order valence-electron chi connectivity index (χ0n) is 10.6. The summed E-state index contributed by atoms with van der Waals surface area (Å²) in [5, 5.41) is 0. The first-order valence-corrected chi connectivity index (χ1v) is 5.61. The highest BCUT2D eigenvalue weighted by molar-refractivity contribution is 5.97. The third kappa shape index (κ3) is 5.30. The molecule has 0 fully saturated rings. The molecule has 0 aromatic heterocycles. The Hall–Kier alpha value is -2.10. The summed E-state index contributed by atoms with van der Waals surface area (Å²) in [6, 6.07) is 0. The lowest BCUT2D eigenvalue weighted by molar-refractivity contribution is -0.118. The van der Waals surface area contributed by atoms with E-state index in [0.29, 0.717) is 30.4 Å². The van der Waals surface area contributed by atoms with Crippen LogP contribution in [0.2, 0.25) is 0 Å². The maximum absolute atomic E-state index is 10.9. The minimum Gasteiger partial charge on any atom is -0.370 e. The fraction of sp³-hybridized carbons (Fsp3) is 0.286. The highest BCUT2D eigenvalue weighted by atomic mass is 16.1.